The van der Waals surface area contributed by atoms with Crippen LogP contribution < -0.4 is 5.32 Å². The molecule has 1 aliphatic heterocycles. The van der Waals surface area contributed by atoms with E-state index in [2.05, 4.69) is 5.32 Å². The van der Waals surface area contributed by atoms with Gasteiger partial charge < -0.3 is 5.32 Å². The predicted molar refractivity (Wildman–Crippen MR) is 89.2 cm³/mol. The molecule has 0 fully saturated rings. The standard InChI is InChI=1S/C19H18N2O3/c1-13-6-2-3-8-15(13)11-20-17(22)12-21-18(23)10-14-7-4-5-9-16(14)19(21)24/h2-9H,10-12H2,1H3,(H,20,22). The molecule has 0 bridgehead atoms. The van der Waals surface area contributed by atoms with Gasteiger partial charge in [0, 0.05) is 12.1 Å². The van der Waals surface area contributed by atoms with Crippen LogP contribution in [-0.2, 0) is 22.6 Å². The van der Waals surface area contributed by atoms with Crippen molar-refractivity contribution < 1.29 is 14.4 Å². The Labute approximate surface area is 140 Å². The van der Waals surface area contributed by atoms with Crippen molar-refractivity contribution in [3.63, 3.8) is 0 Å². The summed E-state index contributed by atoms with van der Waals surface area (Å²) in [6.45, 7) is 2.09. The van der Waals surface area contributed by atoms with Crippen LogP contribution in [0.25, 0.3) is 0 Å². The SMILES string of the molecule is Cc1ccccc1CNC(=O)CN1C(=O)Cc2ccccc2C1=O. The summed E-state index contributed by atoms with van der Waals surface area (Å²) >= 11 is 0. The maximum atomic E-state index is 12.4. The lowest BCUT2D eigenvalue weighted by Gasteiger charge is -2.26. The Bertz CT molecular complexity index is 814. The minimum Gasteiger partial charge on any atom is -0.350 e. The first kappa shape index (κ1) is 15.9. The maximum Gasteiger partial charge on any atom is 0.261 e. The first-order valence-corrected chi connectivity index (χ1v) is 7.80. The fraction of sp³-hybridized carbons (Fsp3) is 0.211. The molecule has 1 N–H and O–H groups in total. The molecule has 24 heavy (non-hydrogen) atoms. The van der Waals surface area contributed by atoms with Gasteiger partial charge in [-0.05, 0) is 29.7 Å². The smallest absolute Gasteiger partial charge is 0.261 e. The van der Waals surface area contributed by atoms with Crippen molar-refractivity contribution in [2.75, 3.05) is 6.54 Å². The lowest BCUT2D eigenvalue weighted by molar-refractivity contribution is -0.133. The van der Waals surface area contributed by atoms with Crippen LogP contribution >= 0.6 is 0 Å². The van der Waals surface area contributed by atoms with E-state index in [0.717, 1.165) is 16.0 Å². The molecule has 0 saturated carbocycles. The number of carbonyl (C=O) groups excluding carboxylic acids is 3. The number of hydrogen-bond donors (Lipinski definition) is 1. The Morgan fingerprint density at radius 3 is 2.58 bits per heavy atom. The van der Waals surface area contributed by atoms with Gasteiger partial charge in [-0.25, -0.2) is 0 Å². The van der Waals surface area contributed by atoms with E-state index >= 15 is 0 Å². The van der Waals surface area contributed by atoms with Gasteiger partial charge in [-0.3, -0.25) is 19.3 Å². The van der Waals surface area contributed by atoms with Gasteiger partial charge in [0.25, 0.3) is 5.91 Å². The van der Waals surface area contributed by atoms with Crippen molar-refractivity contribution in [3.05, 3.63) is 70.8 Å². The fourth-order valence-corrected chi connectivity index (χ4v) is 2.76. The van der Waals surface area contributed by atoms with Crippen molar-refractivity contribution >= 4 is 17.7 Å². The Morgan fingerprint density at radius 2 is 1.79 bits per heavy atom. The second-order valence-electron chi connectivity index (χ2n) is 5.82. The molecule has 0 unspecified atom stereocenters. The van der Waals surface area contributed by atoms with Crippen molar-refractivity contribution in [3.8, 4) is 0 Å². The molecule has 2 aromatic carbocycles. The molecule has 2 aromatic rings. The van der Waals surface area contributed by atoms with Crippen molar-refractivity contribution in [2.45, 2.75) is 19.9 Å². The van der Waals surface area contributed by atoms with Gasteiger partial charge in [-0.1, -0.05) is 42.5 Å². The van der Waals surface area contributed by atoms with Gasteiger partial charge in [-0.15, -0.1) is 0 Å². The second kappa shape index (κ2) is 6.66. The molecule has 5 nitrogen and oxygen atoms in total. The van der Waals surface area contributed by atoms with E-state index in [1.807, 2.05) is 31.2 Å². The maximum absolute atomic E-state index is 12.4. The summed E-state index contributed by atoms with van der Waals surface area (Å²) in [6, 6.07) is 14.7. The zero-order chi connectivity index (χ0) is 17.1. The van der Waals surface area contributed by atoms with E-state index in [1.54, 1.807) is 24.3 Å². The fourth-order valence-electron chi connectivity index (χ4n) is 2.76. The molecule has 122 valence electrons. The van der Waals surface area contributed by atoms with Crippen molar-refractivity contribution in [2.24, 2.45) is 0 Å². The molecule has 0 atom stereocenters. The molecule has 1 aliphatic rings. The molecule has 0 spiro atoms. The molecule has 3 amide bonds. The summed E-state index contributed by atoms with van der Waals surface area (Å²) in [5.41, 5.74) is 3.29. The third-order valence-electron chi connectivity index (χ3n) is 4.17. The number of imide groups is 1. The Balaban J connectivity index is 1.65. The van der Waals surface area contributed by atoms with E-state index < -0.39 is 5.91 Å². The summed E-state index contributed by atoms with van der Waals surface area (Å²) in [4.78, 5) is 37.7. The zero-order valence-corrected chi connectivity index (χ0v) is 13.4. The number of rotatable bonds is 4. The topological polar surface area (TPSA) is 66.5 Å². The number of nitrogens with zero attached hydrogens (tertiary/aromatic N) is 1. The second-order valence-corrected chi connectivity index (χ2v) is 5.82. The van der Waals surface area contributed by atoms with Crippen LogP contribution in [0.15, 0.2) is 48.5 Å². The molecule has 1 heterocycles. The van der Waals surface area contributed by atoms with Crippen LogP contribution in [0.5, 0.6) is 0 Å². The van der Waals surface area contributed by atoms with Crippen LogP contribution in [0.4, 0.5) is 0 Å². The number of amides is 3. The first-order chi connectivity index (χ1) is 11.6. The average molecular weight is 322 g/mol. The largest absolute Gasteiger partial charge is 0.350 e. The molecular formula is C19H18N2O3. The van der Waals surface area contributed by atoms with Crippen LogP contribution in [0, 0.1) is 6.92 Å². The van der Waals surface area contributed by atoms with Gasteiger partial charge in [-0.2, -0.15) is 0 Å². The van der Waals surface area contributed by atoms with Gasteiger partial charge in [0.2, 0.25) is 11.8 Å². The average Bonchev–Trinajstić information content (AvgIpc) is 2.58. The third-order valence-corrected chi connectivity index (χ3v) is 4.17. The summed E-state index contributed by atoms with van der Waals surface area (Å²) in [7, 11) is 0. The molecule has 3 rings (SSSR count). The van der Waals surface area contributed by atoms with Crippen molar-refractivity contribution in [1.29, 1.82) is 0 Å². The molecule has 0 aliphatic carbocycles. The molecule has 0 saturated heterocycles. The summed E-state index contributed by atoms with van der Waals surface area (Å²) < 4.78 is 0. The predicted octanol–water partition coefficient (Wildman–Crippen LogP) is 1.84. The Hall–Kier alpha value is -2.95. The van der Waals surface area contributed by atoms with Gasteiger partial charge in [0.15, 0.2) is 0 Å². The Morgan fingerprint density at radius 1 is 1.08 bits per heavy atom. The van der Waals surface area contributed by atoms with Crippen LogP contribution in [0.1, 0.15) is 27.0 Å². The lowest BCUT2D eigenvalue weighted by Crippen LogP contribution is -2.47. The van der Waals surface area contributed by atoms with Crippen LogP contribution in [-0.4, -0.2) is 29.2 Å². The highest BCUT2D eigenvalue weighted by Crippen LogP contribution is 2.19. The van der Waals surface area contributed by atoms with Gasteiger partial charge in [0.1, 0.15) is 6.54 Å². The molecule has 0 aromatic heterocycles. The molecular weight excluding hydrogens is 304 g/mol. The van der Waals surface area contributed by atoms with E-state index in [9.17, 15) is 14.4 Å². The van der Waals surface area contributed by atoms with E-state index in [1.165, 1.54) is 0 Å². The van der Waals surface area contributed by atoms with E-state index in [-0.39, 0.29) is 24.8 Å². The molecule has 0 radical (unpaired) electrons. The number of carbonyl (C=O) groups is 3. The van der Waals surface area contributed by atoms with Crippen LogP contribution in [0.2, 0.25) is 0 Å². The Kier molecular flexibility index (Phi) is 4.42. The minimum absolute atomic E-state index is 0.146. The van der Waals surface area contributed by atoms with E-state index in [4.69, 9.17) is 0 Å². The van der Waals surface area contributed by atoms with Gasteiger partial charge >= 0.3 is 0 Å². The van der Waals surface area contributed by atoms with Crippen molar-refractivity contribution in [1.82, 2.24) is 10.2 Å². The monoisotopic (exact) mass is 322 g/mol. The summed E-state index contributed by atoms with van der Waals surface area (Å²) in [5, 5.41) is 2.77. The third kappa shape index (κ3) is 3.20. The number of benzene rings is 2. The van der Waals surface area contributed by atoms with E-state index in [0.29, 0.717) is 17.7 Å². The number of nitrogens with one attached hydrogen (secondary N) is 1. The van der Waals surface area contributed by atoms with Gasteiger partial charge in [0.05, 0.1) is 6.42 Å². The minimum atomic E-state index is -0.409. The summed E-state index contributed by atoms with van der Waals surface area (Å²) in [6.07, 6.45) is 0.146. The zero-order valence-electron chi connectivity index (χ0n) is 13.4. The number of hydrogen-bond acceptors (Lipinski definition) is 3. The molecule has 5 heteroatoms. The normalized spacial score (nSPS) is 13.6. The highest BCUT2D eigenvalue weighted by atomic mass is 16.2. The highest BCUT2D eigenvalue weighted by Gasteiger charge is 2.31. The highest BCUT2D eigenvalue weighted by molar-refractivity contribution is 6.11. The van der Waals surface area contributed by atoms with Crippen LogP contribution in [0.3, 0.4) is 0 Å². The number of aryl methyl sites for hydroxylation is 1. The summed E-state index contributed by atoms with van der Waals surface area (Å²) in [5.74, 6) is -1.10. The number of fused-ring (bicyclic) bond motifs is 1. The quantitative estimate of drug-likeness (QED) is 0.874. The lowest BCUT2D eigenvalue weighted by atomic mass is 9.98. The first-order valence-electron chi connectivity index (χ1n) is 7.80.